The van der Waals surface area contributed by atoms with Crippen LogP contribution in [0.4, 0.5) is 0 Å². The highest BCUT2D eigenvalue weighted by Crippen LogP contribution is 2.35. The molecule has 0 heterocycles. The van der Waals surface area contributed by atoms with E-state index in [2.05, 4.69) is 79.2 Å². The normalized spacial score (nSPS) is 12.7. The molecule has 2 aromatic carbocycles. The van der Waals surface area contributed by atoms with Crippen molar-refractivity contribution in [2.75, 3.05) is 0 Å². The zero-order valence-corrected chi connectivity index (χ0v) is 14.5. The molecular formula is C18H20BrCl. The lowest BCUT2D eigenvalue weighted by Crippen LogP contribution is -1.98. The molecule has 1 unspecified atom stereocenters. The molecule has 0 radical (unpaired) electrons. The number of hydrogen-bond donors (Lipinski definition) is 0. The summed E-state index contributed by atoms with van der Waals surface area (Å²) in [5, 5.41) is -0.114. The molecule has 0 saturated heterocycles. The zero-order valence-electron chi connectivity index (χ0n) is 12.2. The highest BCUT2D eigenvalue weighted by molar-refractivity contribution is 9.10. The van der Waals surface area contributed by atoms with Gasteiger partial charge in [0.15, 0.2) is 0 Å². The van der Waals surface area contributed by atoms with Crippen LogP contribution in [-0.2, 0) is 6.42 Å². The van der Waals surface area contributed by atoms with E-state index in [0.717, 1.165) is 22.0 Å². The summed E-state index contributed by atoms with van der Waals surface area (Å²) in [5.41, 5.74) is 4.86. The summed E-state index contributed by atoms with van der Waals surface area (Å²) in [5.74, 6) is 0.679. The van der Waals surface area contributed by atoms with Gasteiger partial charge in [-0.25, -0.2) is 0 Å². The Labute approximate surface area is 135 Å². The summed E-state index contributed by atoms with van der Waals surface area (Å²) in [7, 11) is 0. The summed E-state index contributed by atoms with van der Waals surface area (Å²) in [4.78, 5) is 0. The van der Waals surface area contributed by atoms with Crippen molar-refractivity contribution in [2.24, 2.45) is 5.92 Å². The van der Waals surface area contributed by atoms with Crippen LogP contribution in [0.3, 0.4) is 0 Å². The quantitative estimate of drug-likeness (QED) is 0.568. The van der Waals surface area contributed by atoms with E-state index < -0.39 is 0 Å². The summed E-state index contributed by atoms with van der Waals surface area (Å²) < 4.78 is 1.10. The second kappa shape index (κ2) is 6.78. The van der Waals surface area contributed by atoms with Gasteiger partial charge >= 0.3 is 0 Å². The Bertz CT molecular complexity index is 572. The van der Waals surface area contributed by atoms with Gasteiger partial charge in [0.05, 0.1) is 5.38 Å². The molecule has 0 aliphatic heterocycles. The Morgan fingerprint density at radius 3 is 2.30 bits per heavy atom. The lowest BCUT2D eigenvalue weighted by Gasteiger charge is -2.14. The molecule has 2 aromatic rings. The monoisotopic (exact) mass is 350 g/mol. The van der Waals surface area contributed by atoms with E-state index in [1.54, 1.807) is 0 Å². The molecule has 0 aliphatic carbocycles. The Kier molecular flexibility index (Phi) is 5.29. The van der Waals surface area contributed by atoms with E-state index in [1.807, 2.05) is 0 Å². The molecule has 106 valence electrons. The molecule has 1 atom stereocenters. The third kappa shape index (κ3) is 3.65. The predicted octanol–water partition coefficient (Wildman–Crippen LogP) is 6.28. The van der Waals surface area contributed by atoms with E-state index in [1.165, 1.54) is 11.1 Å². The SMILES string of the molecule is Cc1cccc(C(Cl)c2ccc(CC(C)C)cc2)c1Br. The summed E-state index contributed by atoms with van der Waals surface area (Å²) in [6.45, 7) is 6.56. The largest absolute Gasteiger partial charge is 0.113 e. The van der Waals surface area contributed by atoms with E-state index >= 15 is 0 Å². The van der Waals surface area contributed by atoms with Crippen molar-refractivity contribution in [2.45, 2.75) is 32.6 Å². The number of hydrogen-bond acceptors (Lipinski definition) is 0. The Morgan fingerprint density at radius 1 is 1.05 bits per heavy atom. The van der Waals surface area contributed by atoms with Gasteiger partial charge in [-0.15, -0.1) is 11.6 Å². The smallest absolute Gasteiger partial charge is 0.0846 e. The fourth-order valence-corrected chi connectivity index (χ4v) is 3.29. The zero-order chi connectivity index (χ0) is 14.7. The second-order valence-electron chi connectivity index (χ2n) is 5.68. The standard InChI is InChI=1S/C18H20BrCl/c1-12(2)11-14-7-9-15(10-8-14)18(20)16-6-4-5-13(3)17(16)19/h4-10,12,18H,11H2,1-3H3. The number of halogens is 2. The van der Waals surface area contributed by atoms with Gasteiger partial charge < -0.3 is 0 Å². The first kappa shape index (κ1) is 15.6. The van der Waals surface area contributed by atoms with Gasteiger partial charge in [0.25, 0.3) is 0 Å². The van der Waals surface area contributed by atoms with Crippen LogP contribution in [0.15, 0.2) is 46.9 Å². The third-order valence-corrected chi connectivity index (χ3v) is 4.98. The van der Waals surface area contributed by atoms with Crippen molar-refractivity contribution in [3.8, 4) is 0 Å². The summed E-state index contributed by atoms with van der Waals surface area (Å²) >= 11 is 10.3. The maximum Gasteiger partial charge on any atom is 0.0846 e. The van der Waals surface area contributed by atoms with Crippen molar-refractivity contribution in [3.63, 3.8) is 0 Å². The molecular weight excluding hydrogens is 332 g/mol. The number of rotatable bonds is 4. The molecule has 0 aromatic heterocycles. The maximum absolute atomic E-state index is 6.64. The van der Waals surface area contributed by atoms with Crippen LogP contribution in [0.5, 0.6) is 0 Å². The Morgan fingerprint density at radius 2 is 1.70 bits per heavy atom. The highest BCUT2D eigenvalue weighted by atomic mass is 79.9. The van der Waals surface area contributed by atoms with Gasteiger partial charge in [0.2, 0.25) is 0 Å². The second-order valence-corrected chi connectivity index (χ2v) is 6.91. The lowest BCUT2D eigenvalue weighted by molar-refractivity contribution is 0.647. The fraction of sp³-hybridized carbons (Fsp3) is 0.333. The minimum atomic E-state index is -0.114. The Hall–Kier alpha value is -0.790. The van der Waals surface area contributed by atoms with Crippen LogP contribution in [0, 0.1) is 12.8 Å². The average molecular weight is 352 g/mol. The van der Waals surface area contributed by atoms with Crippen LogP contribution < -0.4 is 0 Å². The van der Waals surface area contributed by atoms with Crippen molar-refractivity contribution >= 4 is 27.5 Å². The predicted molar refractivity (Wildman–Crippen MR) is 91.6 cm³/mol. The molecule has 0 nitrogen and oxygen atoms in total. The van der Waals surface area contributed by atoms with Gasteiger partial charge in [-0.2, -0.15) is 0 Å². The minimum absolute atomic E-state index is 0.114. The molecule has 2 heteroatoms. The fourth-order valence-electron chi connectivity index (χ4n) is 2.34. The van der Waals surface area contributed by atoms with Crippen molar-refractivity contribution in [3.05, 3.63) is 69.2 Å². The topological polar surface area (TPSA) is 0 Å². The van der Waals surface area contributed by atoms with Gasteiger partial charge in [0.1, 0.15) is 0 Å². The average Bonchev–Trinajstić information content (AvgIpc) is 2.41. The van der Waals surface area contributed by atoms with Crippen LogP contribution in [0.1, 0.15) is 41.5 Å². The van der Waals surface area contributed by atoms with E-state index in [4.69, 9.17) is 11.6 Å². The number of benzene rings is 2. The van der Waals surface area contributed by atoms with Gasteiger partial charge in [0, 0.05) is 4.47 Å². The first-order chi connectivity index (χ1) is 9.49. The van der Waals surface area contributed by atoms with Crippen molar-refractivity contribution in [1.82, 2.24) is 0 Å². The van der Waals surface area contributed by atoms with Gasteiger partial charge in [-0.3, -0.25) is 0 Å². The molecule has 0 fully saturated rings. The number of alkyl halides is 1. The lowest BCUT2D eigenvalue weighted by atomic mass is 9.98. The molecule has 0 aliphatic rings. The van der Waals surface area contributed by atoms with E-state index in [9.17, 15) is 0 Å². The first-order valence-corrected chi connectivity index (χ1v) is 8.20. The van der Waals surface area contributed by atoms with E-state index in [-0.39, 0.29) is 5.38 Å². The van der Waals surface area contributed by atoms with Gasteiger partial charge in [-0.1, -0.05) is 72.2 Å². The van der Waals surface area contributed by atoms with Crippen LogP contribution in [-0.4, -0.2) is 0 Å². The van der Waals surface area contributed by atoms with Crippen molar-refractivity contribution < 1.29 is 0 Å². The Balaban J connectivity index is 2.25. The molecule has 20 heavy (non-hydrogen) atoms. The molecule has 0 spiro atoms. The van der Waals surface area contributed by atoms with E-state index in [0.29, 0.717) is 5.92 Å². The first-order valence-electron chi connectivity index (χ1n) is 6.97. The summed E-state index contributed by atoms with van der Waals surface area (Å²) in [6.07, 6.45) is 1.11. The molecule has 0 bridgehead atoms. The molecule has 0 N–H and O–H groups in total. The van der Waals surface area contributed by atoms with Crippen LogP contribution in [0.25, 0.3) is 0 Å². The number of aryl methyl sites for hydroxylation is 1. The third-order valence-electron chi connectivity index (χ3n) is 3.41. The van der Waals surface area contributed by atoms with Gasteiger partial charge in [-0.05, 0) is 41.5 Å². The maximum atomic E-state index is 6.64. The molecule has 0 saturated carbocycles. The van der Waals surface area contributed by atoms with Crippen LogP contribution in [0.2, 0.25) is 0 Å². The minimum Gasteiger partial charge on any atom is -0.113 e. The van der Waals surface area contributed by atoms with Crippen LogP contribution >= 0.6 is 27.5 Å². The molecule has 2 rings (SSSR count). The summed E-state index contributed by atoms with van der Waals surface area (Å²) in [6, 6.07) is 14.9. The molecule has 0 amide bonds. The highest BCUT2D eigenvalue weighted by Gasteiger charge is 2.14. The van der Waals surface area contributed by atoms with Crippen molar-refractivity contribution in [1.29, 1.82) is 0 Å².